The Kier molecular flexibility index (Phi) is 3.41. The molecule has 0 unspecified atom stereocenters. The lowest BCUT2D eigenvalue weighted by Gasteiger charge is -2.23. The Labute approximate surface area is 121 Å². The van der Waals surface area contributed by atoms with E-state index < -0.39 is 35.6 Å². The summed E-state index contributed by atoms with van der Waals surface area (Å²) in [6, 6.07) is 4.40. The van der Waals surface area contributed by atoms with E-state index in [0.717, 1.165) is 0 Å². The van der Waals surface area contributed by atoms with Crippen molar-refractivity contribution in [1.82, 2.24) is 0 Å². The first-order chi connectivity index (χ1) is 9.97. The lowest BCUT2D eigenvalue weighted by atomic mass is 9.78. The zero-order chi connectivity index (χ0) is 15.1. The molecule has 2 aliphatic rings. The van der Waals surface area contributed by atoms with Crippen LogP contribution < -0.4 is 5.32 Å². The third-order valence-corrected chi connectivity index (χ3v) is 4.30. The van der Waals surface area contributed by atoms with Gasteiger partial charge >= 0.3 is 5.97 Å². The van der Waals surface area contributed by atoms with Gasteiger partial charge in [-0.1, -0.05) is 6.07 Å². The number of aliphatic carboxylic acids is 1. The normalized spacial score (nSPS) is 30.4. The van der Waals surface area contributed by atoms with Crippen molar-refractivity contribution in [3.63, 3.8) is 0 Å². The second-order valence-electron chi connectivity index (χ2n) is 5.63. The summed E-state index contributed by atoms with van der Waals surface area (Å²) in [5.41, 5.74) is 0.815. The van der Waals surface area contributed by atoms with Crippen LogP contribution in [0.1, 0.15) is 18.4 Å². The molecule has 0 saturated carbocycles. The van der Waals surface area contributed by atoms with E-state index >= 15 is 0 Å². The second-order valence-corrected chi connectivity index (χ2v) is 5.63. The number of benzene rings is 1. The predicted molar refractivity (Wildman–Crippen MR) is 72.3 cm³/mol. The van der Waals surface area contributed by atoms with Gasteiger partial charge in [-0.25, -0.2) is 4.39 Å². The maximum atomic E-state index is 13.5. The Bertz CT molecular complexity index is 603. The number of fused-ring (bicyclic) bond motifs is 2. The van der Waals surface area contributed by atoms with E-state index in [4.69, 9.17) is 4.74 Å². The van der Waals surface area contributed by atoms with Crippen LogP contribution in [0.2, 0.25) is 0 Å². The topological polar surface area (TPSA) is 75.6 Å². The lowest BCUT2D eigenvalue weighted by Crippen LogP contribution is -2.40. The number of anilines is 1. The molecule has 21 heavy (non-hydrogen) atoms. The Morgan fingerprint density at radius 1 is 1.29 bits per heavy atom. The van der Waals surface area contributed by atoms with Crippen molar-refractivity contribution in [3.8, 4) is 0 Å². The fraction of sp³-hybridized carbons (Fsp3) is 0.467. The van der Waals surface area contributed by atoms with Gasteiger partial charge in [-0.05, 0) is 37.5 Å². The molecule has 0 aromatic heterocycles. The van der Waals surface area contributed by atoms with Gasteiger partial charge in [-0.3, -0.25) is 9.59 Å². The fourth-order valence-corrected chi connectivity index (χ4v) is 3.22. The van der Waals surface area contributed by atoms with Crippen LogP contribution in [0, 0.1) is 24.6 Å². The Morgan fingerprint density at radius 2 is 1.95 bits per heavy atom. The molecule has 2 bridgehead atoms. The molecule has 0 spiro atoms. The minimum absolute atomic E-state index is 0.329. The molecular weight excluding hydrogens is 277 g/mol. The summed E-state index contributed by atoms with van der Waals surface area (Å²) in [6.07, 6.45) is 0.615. The number of nitrogens with one attached hydrogen (secondary N) is 1. The van der Waals surface area contributed by atoms with Gasteiger partial charge in [0.1, 0.15) is 5.82 Å². The number of hydrogen-bond acceptors (Lipinski definition) is 3. The molecule has 1 aromatic rings. The highest BCUT2D eigenvalue weighted by Gasteiger charge is 2.55. The number of rotatable bonds is 3. The van der Waals surface area contributed by atoms with Crippen LogP contribution in [0.15, 0.2) is 18.2 Å². The lowest BCUT2D eigenvalue weighted by molar-refractivity contribution is -0.147. The second kappa shape index (κ2) is 5.11. The van der Waals surface area contributed by atoms with E-state index in [9.17, 15) is 19.1 Å². The molecule has 2 aliphatic heterocycles. The van der Waals surface area contributed by atoms with Crippen LogP contribution in [-0.2, 0) is 14.3 Å². The Morgan fingerprint density at radius 3 is 2.57 bits per heavy atom. The predicted octanol–water partition coefficient (Wildman–Crippen LogP) is 1.95. The third-order valence-electron chi connectivity index (χ3n) is 4.30. The zero-order valence-electron chi connectivity index (χ0n) is 11.5. The summed E-state index contributed by atoms with van der Waals surface area (Å²) >= 11 is 0. The number of halogens is 1. The highest BCUT2D eigenvalue weighted by molar-refractivity contribution is 5.96. The molecule has 2 N–H and O–H groups in total. The Hall–Kier alpha value is -1.95. The van der Waals surface area contributed by atoms with Gasteiger partial charge in [0.05, 0.1) is 24.0 Å². The summed E-state index contributed by atoms with van der Waals surface area (Å²) in [4.78, 5) is 23.7. The van der Waals surface area contributed by atoms with E-state index in [-0.39, 0.29) is 6.10 Å². The third kappa shape index (κ3) is 2.40. The molecule has 3 rings (SSSR count). The summed E-state index contributed by atoms with van der Waals surface area (Å²) < 4.78 is 19.0. The van der Waals surface area contributed by atoms with Gasteiger partial charge in [0.25, 0.3) is 0 Å². The first-order valence-corrected chi connectivity index (χ1v) is 6.92. The molecule has 2 fully saturated rings. The van der Waals surface area contributed by atoms with Crippen molar-refractivity contribution in [2.75, 3.05) is 5.32 Å². The van der Waals surface area contributed by atoms with Gasteiger partial charge < -0.3 is 15.2 Å². The first-order valence-electron chi connectivity index (χ1n) is 6.92. The fourth-order valence-electron chi connectivity index (χ4n) is 3.22. The largest absolute Gasteiger partial charge is 0.481 e. The highest BCUT2D eigenvalue weighted by atomic mass is 19.1. The molecule has 0 aliphatic carbocycles. The van der Waals surface area contributed by atoms with Crippen molar-refractivity contribution >= 4 is 17.6 Å². The van der Waals surface area contributed by atoms with Crippen LogP contribution in [0.3, 0.4) is 0 Å². The van der Waals surface area contributed by atoms with Crippen LogP contribution >= 0.6 is 0 Å². The minimum Gasteiger partial charge on any atom is -0.481 e. The number of amides is 1. The van der Waals surface area contributed by atoms with Crippen molar-refractivity contribution in [1.29, 1.82) is 0 Å². The first kappa shape index (κ1) is 14.0. The van der Waals surface area contributed by atoms with E-state index in [1.54, 1.807) is 19.1 Å². The molecule has 2 heterocycles. The highest BCUT2D eigenvalue weighted by Crippen LogP contribution is 2.44. The smallest absolute Gasteiger partial charge is 0.310 e. The summed E-state index contributed by atoms with van der Waals surface area (Å²) in [7, 11) is 0. The number of aryl methyl sites for hydroxylation is 1. The molecule has 5 nitrogen and oxygen atoms in total. The average Bonchev–Trinajstić information content (AvgIpc) is 3.03. The van der Waals surface area contributed by atoms with E-state index in [2.05, 4.69) is 5.32 Å². The molecule has 112 valence electrons. The maximum Gasteiger partial charge on any atom is 0.310 e. The maximum absolute atomic E-state index is 13.5. The van der Waals surface area contributed by atoms with E-state index in [1.807, 2.05) is 0 Å². The number of carboxylic acid groups (broad SMARTS) is 1. The van der Waals surface area contributed by atoms with Crippen LogP contribution in [0.25, 0.3) is 0 Å². The Balaban J connectivity index is 1.78. The summed E-state index contributed by atoms with van der Waals surface area (Å²) in [5.74, 6) is -3.38. The van der Waals surface area contributed by atoms with Crippen molar-refractivity contribution < 1.29 is 23.8 Å². The van der Waals surface area contributed by atoms with Crippen LogP contribution in [0.5, 0.6) is 0 Å². The average molecular weight is 293 g/mol. The quantitative estimate of drug-likeness (QED) is 0.893. The number of ether oxygens (including phenoxy) is 1. The summed E-state index contributed by atoms with van der Waals surface area (Å²) in [5, 5.41) is 11.9. The molecule has 2 saturated heterocycles. The van der Waals surface area contributed by atoms with Crippen molar-refractivity contribution in [2.24, 2.45) is 11.8 Å². The number of carbonyl (C=O) groups is 2. The molecule has 1 amide bonds. The monoisotopic (exact) mass is 293 g/mol. The van der Waals surface area contributed by atoms with Gasteiger partial charge in [0.2, 0.25) is 5.91 Å². The van der Waals surface area contributed by atoms with E-state index in [0.29, 0.717) is 24.1 Å². The molecule has 6 heteroatoms. The number of hydrogen-bond donors (Lipinski definition) is 2. The van der Waals surface area contributed by atoms with Crippen molar-refractivity contribution in [2.45, 2.75) is 32.0 Å². The van der Waals surface area contributed by atoms with E-state index in [1.165, 1.54) is 6.07 Å². The molecule has 1 aromatic carbocycles. The number of carboxylic acids is 1. The standard InChI is InChI=1S/C15H16FNO4/c1-7-2-3-8(6-9(7)16)17-14(18)12-10-4-5-11(21-10)13(12)15(19)20/h2-3,6,10-13H,4-5H2,1H3,(H,17,18)(H,19,20)/t10-,11-,12-,13-/m0/s1. The van der Waals surface area contributed by atoms with Crippen LogP contribution in [-0.4, -0.2) is 29.2 Å². The summed E-state index contributed by atoms with van der Waals surface area (Å²) in [6.45, 7) is 1.63. The number of carbonyl (C=O) groups excluding carboxylic acids is 1. The van der Waals surface area contributed by atoms with Gasteiger partial charge in [0, 0.05) is 5.69 Å². The molecule has 0 radical (unpaired) electrons. The van der Waals surface area contributed by atoms with Gasteiger partial charge in [-0.15, -0.1) is 0 Å². The van der Waals surface area contributed by atoms with Crippen LogP contribution in [0.4, 0.5) is 10.1 Å². The molecular formula is C15H16FNO4. The van der Waals surface area contributed by atoms with Gasteiger partial charge in [-0.2, -0.15) is 0 Å². The van der Waals surface area contributed by atoms with Gasteiger partial charge in [0.15, 0.2) is 0 Å². The SMILES string of the molecule is Cc1ccc(NC(=O)[C@@H]2[C@@H](C(=O)O)[C@@H]3CC[C@@H]2O3)cc1F. The minimum atomic E-state index is -1.02. The van der Waals surface area contributed by atoms with Crippen molar-refractivity contribution in [3.05, 3.63) is 29.6 Å². The molecule has 4 atom stereocenters. The zero-order valence-corrected chi connectivity index (χ0v) is 11.5.